The Hall–Kier alpha value is -0.680. The lowest BCUT2D eigenvalue weighted by molar-refractivity contribution is 0.668. The molecule has 62 valence electrons. The molecule has 0 aliphatic rings. The van der Waals surface area contributed by atoms with Gasteiger partial charge in [0, 0.05) is 7.05 Å². The summed E-state index contributed by atoms with van der Waals surface area (Å²) in [5, 5.41) is 4.16. The zero-order chi connectivity index (χ0) is 8.43. The quantitative estimate of drug-likeness (QED) is 0.526. The highest BCUT2D eigenvalue weighted by Gasteiger charge is 2.07. The molecule has 0 aliphatic heterocycles. The van der Waals surface area contributed by atoms with Gasteiger partial charge in [0.05, 0.1) is 17.1 Å². The second-order valence-corrected chi connectivity index (χ2v) is 2.75. The number of hydrogen-bond donors (Lipinski definition) is 2. The van der Waals surface area contributed by atoms with Gasteiger partial charge in [0.1, 0.15) is 12.2 Å². The minimum atomic E-state index is 0.593. The van der Waals surface area contributed by atoms with Crippen LogP contribution in [0.25, 0.3) is 0 Å². The number of aromatic nitrogens is 2. The van der Waals surface area contributed by atoms with E-state index in [2.05, 4.69) is 9.82 Å². The van der Waals surface area contributed by atoms with Crippen LogP contribution in [0.5, 0.6) is 0 Å². The van der Waals surface area contributed by atoms with E-state index < -0.39 is 0 Å². The number of hydrogen-bond acceptors (Lipinski definition) is 4. The molecule has 0 aromatic carbocycles. The van der Waals surface area contributed by atoms with Crippen LogP contribution in [-0.4, -0.2) is 14.3 Å². The van der Waals surface area contributed by atoms with E-state index in [1.54, 1.807) is 4.68 Å². The average Bonchev–Trinajstić information content (AvgIpc) is 2.17. The zero-order valence-corrected chi connectivity index (χ0v) is 7.57. The van der Waals surface area contributed by atoms with Gasteiger partial charge >= 0.3 is 0 Å². The van der Waals surface area contributed by atoms with Crippen molar-refractivity contribution in [3.63, 3.8) is 0 Å². The first-order valence-electron chi connectivity index (χ1n) is 3.23. The van der Waals surface area contributed by atoms with E-state index >= 15 is 0 Å². The molecule has 0 saturated heterocycles. The minimum Gasteiger partial charge on any atom is -0.312 e. The van der Waals surface area contributed by atoms with Gasteiger partial charge in [-0.1, -0.05) is 0 Å². The molecule has 0 spiro atoms. The maximum absolute atomic E-state index is 8.55. The first-order chi connectivity index (χ1) is 5.16. The van der Waals surface area contributed by atoms with E-state index in [1.165, 1.54) is 0 Å². The summed E-state index contributed by atoms with van der Waals surface area (Å²) in [6.07, 6.45) is 0. The van der Waals surface area contributed by atoms with Crippen molar-refractivity contribution in [2.45, 2.75) is 13.8 Å². The van der Waals surface area contributed by atoms with Gasteiger partial charge in [0.2, 0.25) is 0 Å². The molecule has 1 heterocycles. The molecule has 0 aliphatic carbocycles. The fourth-order valence-electron chi connectivity index (χ4n) is 0.967. The molecule has 0 unspecified atom stereocenters. The van der Waals surface area contributed by atoms with Crippen LogP contribution in [-0.2, 0) is 7.05 Å². The summed E-state index contributed by atoms with van der Waals surface area (Å²) in [5.74, 6) is 0. The average molecular weight is 173 g/mol. The summed E-state index contributed by atoms with van der Waals surface area (Å²) >= 11 is 0.593. The van der Waals surface area contributed by atoms with Crippen molar-refractivity contribution >= 4 is 17.9 Å². The Balaban J connectivity index is 3.02. The summed E-state index contributed by atoms with van der Waals surface area (Å²) in [4.78, 5) is 0. The van der Waals surface area contributed by atoms with Crippen LogP contribution in [0, 0.1) is 13.8 Å². The summed E-state index contributed by atoms with van der Waals surface area (Å²) in [6.45, 7) is 3.84. The fraction of sp³-hybridized carbons (Fsp3) is 0.500. The molecule has 1 aromatic heterocycles. The Morgan fingerprint density at radius 1 is 1.55 bits per heavy atom. The van der Waals surface area contributed by atoms with Crippen LogP contribution in [0.3, 0.4) is 0 Å². The molecule has 0 bridgehead atoms. The lowest BCUT2D eigenvalue weighted by Gasteiger charge is -1.99. The largest absolute Gasteiger partial charge is 0.312 e. The van der Waals surface area contributed by atoms with Crippen LogP contribution in [0.4, 0.5) is 5.69 Å². The molecular formula is C6H11N3OS. The van der Waals surface area contributed by atoms with Gasteiger partial charge in [-0.3, -0.25) is 4.68 Å². The second kappa shape index (κ2) is 3.15. The van der Waals surface area contributed by atoms with Gasteiger partial charge in [-0.15, -0.1) is 0 Å². The molecule has 4 nitrogen and oxygen atoms in total. The van der Waals surface area contributed by atoms with Crippen LogP contribution in [0.2, 0.25) is 0 Å². The molecular weight excluding hydrogens is 162 g/mol. The standard InChI is InChI=1S/C6H11N3OS/c1-4-6(8-11-10)5(2)9(3)7-4/h8,10H,1-3H3. The van der Waals surface area contributed by atoms with Crippen molar-refractivity contribution in [2.24, 2.45) is 7.05 Å². The van der Waals surface area contributed by atoms with Crippen LogP contribution >= 0.6 is 12.2 Å². The normalized spacial score (nSPS) is 10.2. The molecule has 0 saturated carbocycles. The fourth-order valence-corrected chi connectivity index (χ4v) is 1.35. The van der Waals surface area contributed by atoms with E-state index in [-0.39, 0.29) is 0 Å². The van der Waals surface area contributed by atoms with E-state index in [0.717, 1.165) is 17.1 Å². The van der Waals surface area contributed by atoms with Crippen molar-refractivity contribution < 1.29 is 4.55 Å². The highest BCUT2D eigenvalue weighted by atomic mass is 32.2. The third kappa shape index (κ3) is 1.49. The predicted molar refractivity (Wildman–Crippen MR) is 46.5 cm³/mol. The van der Waals surface area contributed by atoms with Gasteiger partial charge < -0.3 is 9.27 Å². The summed E-state index contributed by atoms with van der Waals surface area (Å²) in [6, 6.07) is 0. The minimum absolute atomic E-state index is 0.593. The summed E-state index contributed by atoms with van der Waals surface area (Å²) in [7, 11) is 1.87. The maximum Gasteiger partial charge on any atom is 0.108 e. The number of anilines is 1. The van der Waals surface area contributed by atoms with E-state index in [1.807, 2.05) is 20.9 Å². The number of nitrogens with one attached hydrogen (secondary N) is 1. The Morgan fingerprint density at radius 3 is 2.55 bits per heavy atom. The highest BCUT2D eigenvalue weighted by molar-refractivity contribution is 7.95. The predicted octanol–water partition coefficient (Wildman–Crippen LogP) is 1.57. The third-order valence-corrected chi connectivity index (χ3v) is 1.95. The Morgan fingerprint density at radius 2 is 2.18 bits per heavy atom. The first kappa shape index (κ1) is 8.42. The van der Waals surface area contributed by atoms with Crippen LogP contribution in [0.15, 0.2) is 0 Å². The SMILES string of the molecule is Cc1nn(C)c(C)c1NSO. The van der Waals surface area contributed by atoms with Crippen molar-refractivity contribution in [3.05, 3.63) is 11.4 Å². The Kier molecular flexibility index (Phi) is 2.41. The molecule has 1 aromatic rings. The monoisotopic (exact) mass is 173 g/mol. The molecule has 11 heavy (non-hydrogen) atoms. The number of nitrogens with zero attached hydrogens (tertiary/aromatic N) is 2. The van der Waals surface area contributed by atoms with Gasteiger partial charge in [0.15, 0.2) is 0 Å². The zero-order valence-electron chi connectivity index (χ0n) is 6.75. The van der Waals surface area contributed by atoms with Crippen LogP contribution < -0.4 is 4.72 Å². The molecule has 0 fully saturated rings. The number of aryl methyl sites for hydroxylation is 2. The van der Waals surface area contributed by atoms with E-state index in [4.69, 9.17) is 4.55 Å². The lowest BCUT2D eigenvalue weighted by atomic mass is 10.3. The van der Waals surface area contributed by atoms with Crippen molar-refractivity contribution in [3.8, 4) is 0 Å². The van der Waals surface area contributed by atoms with Crippen molar-refractivity contribution in [2.75, 3.05) is 4.72 Å². The smallest absolute Gasteiger partial charge is 0.108 e. The van der Waals surface area contributed by atoms with Crippen molar-refractivity contribution in [1.29, 1.82) is 0 Å². The molecule has 5 heteroatoms. The second-order valence-electron chi connectivity index (χ2n) is 2.36. The first-order valence-corrected chi connectivity index (χ1v) is 4.00. The van der Waals surface area contributed by atoms with E-state index in [9.17, 15) is 0 Å². The topological polar surface area (TPSA) is 50.1 Å². The Bertz CT molecular complexity index is 259. The van der Waals surface area contributed by atoms with Gasteiger partial charge in [-0.2, -0.15) is 5.10 Å². The Labute approximate surface area is 69.9 Å². The highest BCUT2D eigenvalue weighted by Crippen LogP contribution is 2.20. The third-order valence-electron chi connectivity index (χ3n) is 1.66. The molecule has 1 rings (SSSR count). The van der Waals surface area contributed by atoms with Crippen LogP contribution in [0.1, 0.15) is 11.4 Å². The number of rotatable bonds is 2. The van der Waals surface area contributed by atoms with Gasteiger partial charge in [-0.25, -0.2) is 0 Å². The summed E-state index contributed by atoms with van der Waals surface area (Å²) < 4.78 is 13.1. The lowest BCUT2D eigenvalue weighted by Crippen LogP contribution is -1.93. The summed E-state index contributed by atoms with van der Waals surface area (Å²) in [5.41, 5.74) is 2.80. The molecule has 0 radical (unpaired) electrons. The van der Waals surface area contributed by atoms with Gasteiger partial charge in [0.25, 0.3) is 0 Å². The molecule has 0 amide bonds. The molecule has 0 atom stereocenters. The van der Waals surface area contributed by atoms with E-state index in [0.29, 0.717) is 12.2 Å². The maximum atomic E-state index is 8.55. The molecule has 2 N–H and O–H groups in total. The van der Waals surface area contributed by atoms with Gasteiger partial charge in [-0.05, 0) is 13.8 Å². The van der Waals surface area contributed by atoms with Crippen molar-refractivity contribution in [1.82, 2.24) is 9.78 Å².